The molecule has 0 radical (unpaired) electrons. The average Bonchev–Trinajstić information content (AvgIpc) is 2.81. The molecule has 0 bridgehead atoms. The van der Waals surface area contributed by atoms with Gasteiger partial charge in [-0.1, -0.05) is 0 Å². The summed E-state index contributed by atoms with van der Waals surface area (Å²) in [5.41, 5.74) is 1.66. The number of pyridine rings is 1. The van der Waals surface area contributed by atoms with E-state index in [1.54, 1.807) is 6.20 Å². The Morgan fingerprint density at radius 2 is 2.16 bits per heavy atom. The lowest BCUT2D eigenvalue weighted by atomic mass is 9.77. The third-order valence-electron chi connectivity index (χ3n) is 4.42. The number of hydrogen-bond acceptors (Lipinski definition) is 4. The van der Waals surface area contributed by atoms with Crippen LogP contribution in [-0.2, 0) is 11.4 Å². The number of aromatic nitrogens is 1. The monoisotopic (exact) mass is 261 g/mol. The number of nitrogens with one attached hydrogen (secondary N) is 1. The van der Waals surface area contributed by atoms with E-state index in [2.05, 4.69) is 15.2 Å². The van der Waals surface area contributed by atoms with Crippen LogP contribution in [0.25, 0.3) is 0 Å². The molecular formula is C14H19N3O2. The molecule has 0 saturated carbocycles. The quantitative estimate of drug-likeness (QED) is 0.821. The lowest BCUT2D eigenvalue weighted by Gasteiger charge is -2.38. The van der Waals surface area contributed by atoms with Gasteiger partial charge in [-0.2, -0.15) is 0 Å². The molecule has 1 amide bonds. The van der Waals surface area contributed by atoms with Crippen LogP contribution in [0.5, 0.6) is 0 Å². The first-order valence-corrected chi connectivity index (χ1v) is 6.83. The number of aliphatic hydroxyl groups excluding tert-OH is 1. The smallest absolute Gasteiger partial charge is 0.226 e. The summed E-state index contributed by atoms with van der Waals surface area (Å²) in [6, 6.07) is 3.89. The maximum Gasteiger partial charge on any atom is 0.226 e. The van der Waals surface area contributed by atoms with Crippen molar-refractivity contribution in [2.45, 2.75) is 25.9 Å². The average molecular weight is 261 g/mol. The largest absolute Gasteiger partial charge is 0.390 e. The molecule has 0 aromatic carbocycles. The highest BCUT2D eigenvalue weighted by Crippen LogP contribution is 2.39. The van der Waals surface area contributed by atoms with Crippen molar-refractivity contribution in [3.05, 3.63) is 24.0 Å². The molecule has 5 heteroatoms. The lowest BCUT2D eigenvalue weighted by Crippen LogP contribution is -2.44. The maximum absolute atomic E-state index is 11.9. The van der Waals surface area contributed by atoms with Gasteiger partial charge in [-0.3, -0.25) is 9.78 Å². The van der Waals surface area contributed by atoms with Crippen molar-refractivity contribution in [1.82, 2.24) is 10.3 Å². The molecular weight excluding hydrogens is 242 g/mol. The highest BCUT2D eigenvalue weighted by molar-refractivity contribution is 5.85. The van der Waals surface area contributed by atoms with E-state index in [9.17, 15) is 4.79 Å². The minimum Gasteiger partial charge on any atom is -0.390 e. The Kier molecular flexibility index (Phi) is 3.14. The Balaban J connectivity index is 1.71. The number of piperidine rings is 1. The van der Waals surface area contributed by atoms with Gasteiger partial charge in [0.2, 0.25) is 5.91 Å². The topological polar surface area (TPSA) is 65.5 Å². The van der Waals surface area contributed by atoms with Crippen molar-refractivity contribution in [2.24, 2.45) is 5.41 Å². The van der Waals surface area contributed by atoms with Gasteiger partial charge in [-0.25, -0.2) is 0 Å². The van der Waals surface area contributed by atoms with E-state index in [0.717, 1.165) is 44.6 Å². The number of amides is 1. The van der Waals surface area contributed by atoms with Crippen molar-refractivity contribution in [3.63, 3.8) is 0 Å². The predicted molar refractivity (Wildman–Crippen MR) is 71.7 cm³/mol. The summed E-state index contributed by atoms with van der Waals surface area (Å²) >= 11 is 0. The summed E-state index contributed by atoms with van der Waals surface area (Å²) in [4.78, 5) is 18.3. The fourth-order valence-electron chi connectivity index (χ4n) is 3.13. The van der Waals surface area contributed by atoms with Crippen LogP contribution in [0.1, 0.15) is 25.0 Å². The third kappa shape index (κ3) is 2.18. The van der Waals surface area contributed by atoms with Crippen molar-refractivity contribution < 1.29 is 9.90 Å². The summed E-state index contributed by atoms with van der Waals surface area (Å²) in [6.07, 6.45) is 4.52. The molecule has 2 fully saturated rings. The van der Waals surface area contributed by atoms with Gasteiger partial charge in [0.1, 0.15) is 0 Å². The van der Waals surface area contributed by atoms with Gasteiger partial charge in [0, 0.05) is 31.5 Å². The van der Waals surface area contributed by atoms with Gasteiger partial charge >= 0.3 is 0 Å². The van der Waals surface area contributed by atoms with Crippen LogP contribution in [0, 0.1) is 5.41 Å². The highest BCUT2D eigenvalue weighted by Gasteiger charge is 2.44. The lowest BCUT2D eigenvalue weighted by molar-refractivity contribution is -0.128. The Hall–Kier alpha value is -1.62. The van der Waals surface area contributed by atoms with Crippen molar-refractivity contribution >= 4 is 11.6 Å². The van der Waals surface area contributed by atoms with Crippen LogP contribution < -0.4 is 10.2 Å². The molecule has 0 atom stereocenters. The Labute approximate surface area is 112 Å². The SMILES string of the molecule is O=C1NCCC12CCN(c1ccnc(CO)c1)CC2. The zero-order chi connectivity index (χ0) is 13.3. The summed E-state index contributed by atoms with van der Waals surface area (Å²) in [5.74, 6) is 0.234. The molecule has 2 aliphatic heterocycles. The second kappa shape index (κ2) is 4.81. The number of nitrogens with zero attached hydrogens (tertiary/aromatic N) is 2. The molecule has 2 saturated heterocycles. The first kappa shape index (κ1) is 12.4. The molecule has 0 aliphatic carbocycles. The minimum atomic E-state index is -0.122. The fourth-order valence-corrected chi connectivity index (χ4v) is 3.13. The third-order valence-corrected chi connectivity index (χ3v) is 4.42. The van der Waals surface area contributed by atoms with Gasteiger partial charge in [-0.15, -0.1) is 0 Å². The maximum atomic E-state index is 11.9. The van der Waals surface area contributed by atoms with E-state index in [0.29, 0.717) is 5.69 Å². The molecule has 102 valence electrons. The van der Waals surface area contributed by atoms with Gasteiger partial charge < -0.3 is 15.3 Å². The summed E-state index contributed by atoms with van der Waals surface area (Å²) in [6.45, 7) is 2.57. The van der Waals surface area contributed by atoms with Crippen LogP contribution >= 0.6 is 0 Å². The second-order valence-corrected chi connectivity index (χ2v) is 5.44. The van der Waals surface area contributed by atoms with E-state index in [-0.39, 0.29) is 17.9 Å². The van der Waals surface area contributed by atoms with Crippen LogP contribution in [0.3, 0.4) is 0 Å². The number of rotatable bonds is 2. The molecule has 5 nitrogen and oxygen atoms in total. The van der Waals surface area contributed by atoms with E-state index in [1.807, 2.05) is 12.1 Å². The predicted octanol–water partition coefficient (Wildman–Crippen LogP) is 0.680. The molecule has 1 aromatic rings. The Morgan fingerprint density at radius 3 is 2.79 bits per heavy atom. The van der Waals surface area contributed by atoms with Gasteiger partial charge in [0.25, 0.3) is 0 Å². The van der Waals surface area contributed by atoms with Crippen LogP contribution in [0.15, 0.2) is 18.3 Å². The second-order valence-electron chi connectivity index (χ2n) is 5.44. The summed E-state index contributed by atoms with van der Waals surface area (Å²) < 4.78 is 0. The minimum absolute atomic E-state index is 0.0337. The van der Waals surface area contributed by atoms with Crippen LogP contribution in [-0.4, -0.2) is 35.6 Å². The molecule has 2 aliphatic rings. The molecule has 2 N–H and O–H groups in total. The zero-order valence-electron chi connectivity index (χ0n) is 10.9. The number of hydrogen-bond donors (Lipinski definition) is 2. The standard InChI is InChI=1S/C14H19N3O2/c18-10-11-9-12(1-5-15-11)17-7-3-14(4-8-17)2-6-16-13(14)19/h1,5,9,18H,2-4,6-8,10H2,(H,16,19). The van der Waals surface area contributed by atoms with Gasteiger partial charge in [0.05, 0.1) is 17.7 Å². The Morgan fingerprint density at radius 1 is 1.37 bits per heavy atom. The zero-order valence-corrected chi connectivity index (χ0v) is 10.9. The summed E-state index contributed by atoms with van der Waals surface area (Å²) in [7, 11) is 0. The summed E-state index contributed by atoms with van der Waals surface area (Å²) in [5, 5.41) is 12.1. The van der Waals surface area contributed by atoms with Crippen molar-refractivity contribution in [3.8, 4) is 0 Å². The molecule has 3 rings (SSSR count). The first-order valence-electron chi connectivity index (χ1n) is 6.83. The van der Waals surface area contributed by atoms with Gasteiger partial charge in [0.15, 0.2) is 0 Å². The normalized spacial score (nSPS) is 21.7. The van der Waals surface area contributed by atoms with E-state index < -0.39 is 0 Å². The van der Waals surface area contributed by atoms with Crippen molar-refractivity contribution in [2.75, 3.05) is 24.5 Å². The number of carbonyl (C=O) groups is 1. The fraction of sp³-hybridized carbons (Fsp3) is 0.571. The Bertz CT molecular complexity index is 481. The van der Waals surface area contributed by atoms with Gasteiger partial charge in [-0.05, 0) is 31.4 Å². The van der Waals surface area contributed by atoms with Crippen LogP contribution in [0.2, 0.25) is 0 Å². The molecule has 1 spiro atoms. The van der Waals surface area contributed by atoms with Crippen molar-refractivity contribution in [1.29, 1.82) is 0 Å². The molecule has 1 aromatic heterocycles. The van der Waals surface area contributed by atoms with E-state index >= 15 is 0 Å². The van der Waals surface area contributed by atoms with E-state index in [4.69, 9.17) is 5.11 Å². The molecule has 19 heavy (non-hydrogen) atoms. The number of aliphatic hydroxyl groups is 1. The number of anilines is 1. The van der Waals surface area contributed by atoms with Crippen LogP contribution in [0.4, 0.5) is 5.69 Å². The number of carbonyl (C=O) groups excluding carboxylic acids is 1. The first-order chi connectivity index (χ1) is 9.23. The molecule has 0 unspecified atom stereocenters. The van der Waals surface area contributed by atoms with E-state index in [1.165, 1.54) is 0 Å². The highest BCUT2D eigenvalue weighted by atomic mass is 16.3. The molecule has 3 heterocycles.